The maximum atomic E-state index is 11.8. The van der Waals surface area contributed by atoms with E-state index in [2.05, 4.69) is 10.5 Å². The van der Waals surface area contributed by atoms with Crippen molar-refractivity contribution in [1.29, 1.82) is 0 Å². The van der Waals surface area contributed by atoms with Crippen LogP contribution in [-0.2, 0) is 0 Å². The average molecular weight is 256 g/mol. The lowest BCUT2D eigenvalue weighted by Gasteiger charge is -2.24. The van der Waals surface area contributed by atoms with Crippen LogP contribution < -0.4 is 11.1 Å². The number of amidine groups is 1. The van der Waals surface area contributed by atoms with E-state index in [1.807, 2.05) is 0 Å². The fourth-order valence-corrected chi connectivity index (χ4v) is 1.27. The van der Waals surface area contributed by atoms with E-state index in [0.29, 0.717) is 10.6 Å². The second-order valence-corrected chi connectivity index (χ2v) is 4.51. The summed E-state index contributed by atoms with van der Waals surface area (Å²) in [4.78, 5) is 11.8. The molecule has 0 bridgehead atoms. The van der Waals surface area contributed by atoms with Crippen LogP contribution >= 0.6 is 11.6 Å². The largest absolute Gasteiger partial charge is 0.409 e. The molecule has 0 aliphatic carbocycles. The van der Waals surface area contributed by atoms with Gasteiger partial charge in [0.2, 0.25) is 0 Å². The molecule has 5 nitrogen and oxygen atoms in total. The molecule has 0 radical (unpaired) electrons. The highest BCUT2D eigenvalue weighted by Gasteiger charge is 2.26. The molecule has 6 heteroatoms. The van der Waals surface area contributed by atoms with Gasteiger partial charge in [0.05, 0.1) is 5.54 Å². The van der Waals surface area contributed by atoms with E-state index in [1.54, 1.807) is 38.1 Å². The van der Waals surface area contributed by atoms with Gasteiger partial charge in [-0.15, -0.1) is 0 Å². The fraction of sp³-hybridized carbons (Fsp3) is 0.273. The first-order valence-electron chi connectivity index (χ1n) is 4.93. The Morgan fingerprint density at radius 1 is 1.41 bits per heavy atom. The molecule has 0 atom stereocenters. The highest BCUT2D eigenvalue weighted by atomic mass is 35.5. The Morgan fingerprint density at radius 3 is 2.41 bits per heavy atom. The van der Waals surface area contributed by atoms with Gasteiger partial charge in [0, 0.05) is 10.6 Å². The molecule has 0 unspecified atom stereocenters. The second-order valence-electron chi connectivity index (χ2n) is 4.07. The second kappa shape index (κ2) is 5.05. The molecular formula is C11H14ClN3O2. The van der Waals surface area contributed by atoms with Crippen LogP contribution in [-0.4, -0.2) is 22.5 Å². The van der Waals surface area contributed by atoms with E-state index in [-0.39, 0.29) is 11.7 Å². The minimum Gasteiger partial charge on any atom is -0.409 e. The zero-order chi connectivity index (χ0) is 13.1. The molecule has 0 aliphatic rings. The van der Waals surface area contributed by atoms with Crippen LogP contribution in [0.4, 0.5) is 0 Å². The number of carbonyl (C=O) groups is 1. The molecule has 0 aliphatic heterocycles. The number of benzene rings is 1. The summed E-state index contributed by atoms with van der Waals surface area (Å²) in [5.41, 5.74) is 4.99. The maximum absolute atomic E-state index is 11.8. The highest BCUT2D eigenvalue weighted by Crippen LogP contribution is 2.11. The Balaban J connectivity index is 2.83. The van der Waals surface area contributed by atoms with Crippen molar-refractivity contribution in [2.75, 3.05) is 0 Å². The summed E-state index contributed by atoms with van der Waals surface area (Å²) in [6.07, 6.45) is 0. The Bertz CT molecular complexity index is 441. The summed E-state index contributed by atoms with van der Waals surface area (Å²) in [6, 6.07) is 6.43. The molecule has 1 aromatic rings. The number of nitrogens with two attached hydrogens (primary N) is 1. The van der Waals surface area contributed by atoms with Crippen molar-refractivity contribution < 1.29 is 10.0 Å². The van der Waals surface area contributed by atoms with Gasteiger partial charge in [-0.25, -0.2) is 0 Å². The lowest BCUT2D eigenvalue weighted by Crippen LogP contribution is -2.53. The average Bonchev–Trinajstić information content (AvgIpc) is 2.28. The first kappa shape index (κ1) is 13.3. The number of oxime groups is 1. The van der Waals surface area contributed by atoms with E-state index in [9.17, 15) is 4.79 Å². The van der Waals surface area contributed by atoms with Crippen LogP contribution in [0.2, 0.25) is 5.02 Å². The number of nitrogens with zero attached hydrogens (tertiary/aromatic N) is 1. The molecule has 0 heterocycles. The van der Waals surface area contributed by atoms with Crippen molar-refractivity contribution in [3.63, 3.8) is 0 Å². The van der Waals surface area contributed by atoms with E-state index >= 15 is 0 Å². The normalized spacial score (nSPS) is 12.3. The van der Waals surface area contributed by atoms with Crippen LogP contribution in [0.3, 0.4) is 0 Å². The molecule has 1 amide bonds. The third-order valence-corrected chi connectivity index (χ3v) is 2.53. The van der Waals surface area contributed by atoms with Gasteiger partial charge in [0.1, 0.15) is 0 Å². The first-order chi connectivity index (χ1) is 7.86. The van der Waals surface area contributed by atoms with Gasteiger partial charge >= 0.3 is 0 Å². The molecule has 17 heavy (non-hydrogen) atoms. The molecule has 0 fully saturated rings. The molecular weight excluding hydrogens is 242 g/mol. The summed E-state index contributed by atoms with van der Waals surface area (Å²) in [7, 11) is 0. The van der Waals surface area contributed by atoms with Gasteiger partial charge in [0.25, 0.3) is 5.91 Å². The molecule has 1 rings (SSSR count). The van der Waals surface area contributed by atoms with Gasteiger partial charge in [-0.1, -0.05) is 16.8 Å². The SMILES string of the molecule is CC(C)(NC(=O)c1ccc(Cl)cc1)/C(N)=N/O. The molecule has 92 valence electrons. The predicted octanol–water partition coefficient (Wildman–Crippen LogP) is 1.59. The van der Waals surface area contributed by atoms with Crippen molar-refractivity contribution in [2.24, 2.45) is 10.9 Å². The topological polar surface area (TPSA) is 87.7 Å². The van der Waals surface area contributed by atoms with Gasteiger partial charge in [-0.2, -0.15) is 0 Å². The molecule has 1 aromatic carbocycles. The number of hydrogen-bond acceptors (Lipinski definition) is 3. The van der Waals surface area contributed by atoms with E-state index in [0.717, 1.165) is 0 Å². The standard InChI is InChI=1S/C11H14ClN3O2/c1-11(2,10(13)15-17)14-9(16)7-3-5-8(12)6-4-7/h3-6,17H,1-2H3,(H2,13,15)(H,14,16). The highest BCUT2D eigenvalue weighted by molar-refractivity contribution is 6.30. The number of nitrogens with one attached hydrogen (secondary N) is 1. The van der Waals surface area contributed by atoms with Gasteiger partial charge in [-0.05, 0) is 38.1 Å². The number of rotatable bonds is 3. The monoisotopic (exact) mass is 255 g/mol. The lowest BCUT2D eigenvalue weighted by atomic mass is 10.0. The Kier molecular flexibility index (Phi) is 3.96. The smallest absolute Gasteiger partial charge is 0.252 e. The molecule has 4 N–H and O–H groups in total. The van der Waals surface area contributed by atoms with Crippen molar-refractivity contribution in [3.8, 4) is 0 Å². The number of carbonyl (C=O) groups excluding carboxylic acids is 1. The number of hydrogen-bond donors (Lipinski definition) is 3. The molecule has 0 saturated heterocycles. The Labute approximate surface area is 104 Å². The molecule has 0 saturated carbocycles. The van der Waals surface area contributed by atoms with Crippen molar-refractivity contribution >= 4 is 23.3 Å². The quantitative estimate of drug-likeness (QED) is 0.332. The fourth-order valence-electron chi connectivity index (χ4n) is 1.15. The van der Waals surface area contributed by atoms with E-state index in [1.165, 1.54) is 0 Å². The van der Waals surface area contributed by atoms with Gasteiger partial charge in [0.15, 0.2) is 5.84 Å². The lowest BCUT2D eigenvalue weighted by molar-refractivity contribution is 0.0931. The summed E-state index contributed by atoms with van der Waals surface area (Å²) in [5, 5.41) is 14.7. The zero-order valence-electron chi connectivity index (χ0n) is 9.57. The van der Waals surface area contributed by atoms with Crippen LogP contribution in [0.15, 0.2) is 29.4 Å². The first-order valence-corrected chi connectivity index (χ1v) is 5.30. The predicted molar refractivity (Wildman–Crippen MR) is 66.4 cm³/mol. The molecule has 0 spiro atoms. The summed E-state index contributed by atoms with van der Waals surface area (Å²) >= 11 is 5.72. The third-order valence-electron chi connectivity index (χ3n) is 2.28. The number of amides is 1. The summed E-state index contributed by atoms with van der Waals surface area (Å²) < 4.78 is 0. The minimum atomic E-state index is -0.925. The van der Waals surface area contributed by atoms with Crippen LogP contribution in [0.25, 0.3) is 0 Å². The van der Waals surface area contributed by atoms with Gasteiger partial charge < -0.3 is 16.3 Å². The third kappa shape index (κ3) is 3.35. The van der Waals surface area contributed by atoms with Gasteiger partial charge in [-0.3, -0.25) is 4.79 Å². The van der Waals surface area contributed by atoms with E-state index in [4.69, 9.17) is 22.5 Å². The van der Waals surface area contributed by atoms with Crippen LogP contribution in [0.5, 0.6) is 0 Å². The van der Waals surface area contributed by atoms with Crippen LogP contribution in [0.1, 0.15) is 24.2 Å². The summed E-state index contributed by atoms with van der Waals surface area (Å²) in [6.45, 7) is 3.27. The van der Waals surface area contributed by atoms with E-state index < -0.39 is 5.54 Å². The number of halogens is 1. The Hall–Kier alpha value is -1.75. The van der Waals surface area contributed by atoms with Crippen molar-refractivity contribution in [2.45, 2.75) is 19.4 Å². The van der Waals surface area contributed by atoms with Crippen LogP contribution in [0, 0.1) is 0 Å². The zero-order valence-corrected chi connectivity index (χ0v) is 10.3. The molecule has 0 aromatic heterocycles. The minimum absolute atomic E-state index is 0.0696. The summed E-state index contributed by atoms with van der Waals surface area (Å²) in [5.74, 6) is -0.391. The maximum Gasteiger partial charge on any atom is 0.252 e. The van der Waals surface area contributed by atoms with Crippen molar-refractivity contribution in [3.05, 3.63) is 34.9 Å². The Morgan fingerprint density at radius 2 is 1.94 bits per heavy atom. The van der Waals surface area contributed by atoms with Crippen molar-refractivity contribution in [1.82, 2.24) is 5.32 Å².